The minimum atomic E-state index is 0.773. The molecule has 2 heteroatoms. The lowest BCUT2D eigenvalue weighted by Gasteiger charge is -2.33. The van der Waals surface area contributed by atoms with Crippen LogP contribution >= 0.6 is 0 Å². The van der Waals surface area contributed by atoms with E-state index in [1.807, 2.05) is 0 Å². The largest absolute Gasteiger partial charge is 0.313 e. The number of hydrogen-bond acceptors (Lipinski definition) is 2. The molecule has 114 valence electrons. The first-order valence-electron chi connectivity index (χ1n) is 8.64. The first kappa shape index (κ1) is 17.0. The maximum atomic E-state index is 3.79. The summed E-state index contributed by atoms with van der Waals surface area (Å²) in [5.74, 6) is 0.773. The summed E-state index contributed by atoms with van der Waals surface area (Å²) in [4.78, 5) is 2.71. The standard InChI is InChI=1S/C17H36N2/c1-5-17(6-2)19(14-15(3)4)13-12-18-16-10-8-7-9-11-16/h15-18H,5-14H2,1-4H3. The molecule has 0 heterocycles. The minimum Gasteiger partial charge on any atom is -0.313 e. The Balaban J connectivity index is 2.30. The summed E-state index contributed by atoms with van der Waals surface area (Å²) in [5, 5.41) is 3.79. The maximum Gasteiger partial charge on any atom is 0.0110 e. The lowest BCUT2D eigenvalue weighted by molar-refractivity contribution is 0.163. The molecule has 0 aromatic heterocycles. The van der Waals surface area contributed by atoms with Crippen LogP contribution in [0, 0.1) is 5.92 Å². The Hall–Kier alpha value is -0.0800. The van der Waals surface area contributed by atoms with Crippen LogP contribution in [-0.4, -0.2) is 36.6 Å². The van der Waals surface area contributed by atoms with Gasteiger partial charge in [-0.15, -0.1) is 0 Å². The third-order valence-corrected chi connectivity index (χ3v) is 4.50. The smallest absolute Gasteiger partial charge is 0.0110 e. The van der Waals surface area contributed by atoms with Crippen LogP contribution in [0.15, 0.2) is 0 Å². The predicted molar refractivity (Wildman–Crippen MR) is 85.7 cm³/mol. The molecule has 0 atom stereocenters. The van der Waals surface area contributed by atoms with Gasteiger partial charge in [-0.25, -0.2) is 0 Å². The average molecular weight is 268 g/mol. The summed E-state index contributed by atoms with van der Waals surface area (Å²) in [5.41, 5.74) is 0. The molecule has 2 nitrogen and oxygen atoms in total. The van der Waals surface area contributed by atoms with E-state index in [9.17, 15) is 0 Å². The van der Waals surface area contributed by atoms with Gasteiger partial charge >= 0.3 is 0 Å². The lowest BCUT2D eigenvalue weighted by Crippen LogP contribution is -2.43. The molecular weight excluding hydrogens is 232 g/mol. The molecule has 19 heavy (non-hydrogen) atoms. The molecule has 0 saturated heterocycles. The minimum absolute atomic E-state index is 0.773. The van der Waals surface area contributed by atoms with Gasteiger partial charge < -0.3 is 5.32 Å². The second-order valence-corrected chi connectivity index (χ2v) is 6.65. The third kappa shape index (κ3) is 6.76. The van der Waals surface area contributed by atoms with Crippen LogP contribution in [0.25, 0.3) is 0 Å². The lowest BCUT2D eigenvalue weighted by atomic mass is 9.95. The number of hydrogen-bond donors (Lipinski definition) is 1. The summed E-state index contributed by atoms with van der Waals surface area (Å²) in [7, 11) is 0. The van der Waals surface area contributed by atoms with E-state index in [2.05, 4.69) is 37.9 Å². The molecule has 0 unspecified atom stereocenters. The van der Waals surface area contributed by atoms with Crippen LogP contribution in [0.3, 0.4) is 0 Å². The van der Waals surface area contributed by atoms with E-state index in [-0.39, 0.29) is 0 Å². The van der Waals surface area contributed by atoms with E-state index in [1.54, 1.807) is 0 Å². The Kier molecular flexibility index (Phi) is 8.72. The van der Waals surface area contributed by atoms with E-state index in [0.717, 1.165) is 18.0 Å². The zero-order valence-electron chi connectivity index (χ0n) is 13.8. The molecule has 1 aliphatic carbocycles. The van der Waals surface area contributed by atoms with Crippen molar-refractivity contribution in [3.63, 3.8) is 0 Å². The van der Waals surface area contributed by atoms with Gasteiger partial charge in [-0.1, -0.05) is 47.0 Å². The molecule has 1 saturated carbocycles. The highest BCUT2D eigenvalue weighted by Crippen LogP contribution is 2.17. The quantitative estimate of drug-likeness (QED) is 0.678. The van der Waals surface area contributed by atoms with E-state index < -0.39 is 0 Å². The molecule has 1 aliphatic rings. The number of nitrogens with zero attached hydrogens (tertiary/aromatic N) is 1. The molecule has 0 aromatic carbocycles. The van der Waals surface area contributed by atoms with Crippen molar-refractivity contribution in [2.75, 3.05) is 19.6 Å². The fourth-order valence-electron chi connectivity index (χ4n) is 3.42. The van der Waals surface area contributed by atoms with E-state index >= 15 is 0 Å². The molecule has 0 bridgehead atoms. The summed E-state index contributed by atoms with van der Waals surface area (Å²) >= 11 is 0. The predicted octanol–water partition coefficient (Wildman–Crippen LogP) is 4.06. The Morgan fingerprint density at radius 3 is 2.21 bits per heavy atom. The van der Waals surface area contributed by atoms with Crippen molar-refractivity contribution in [2.45, 2.75) is 84.7 Å². The van der Waals surface area contributed by atoms with E-state index in [1.165, 1.54) is 64.6 Å². The van der Waals surface area contributed by atoms with Crippen LogP contribution in [0.1, 0.15) is 72.6 Å². The molecule has 0 radical (unpaired) electrons. The normalized spacial score (nSPS) is 17.8. The van der Waals surface area contributed by atoms with Crippen LogP contribution in [0.5, 0.6) is 0 Å². The second kappa shape index (κ2) is 9.77. The third-order valence-electron chi connectivity index (χ3n) is 4.50. The molecule has 1 rings (SSSR count). The zero-order chi connectivity index (χ0) is 14.1. The van der Waals surface area contributed by atoms with Crippen LogP contribution in [0.2, 0.25) is 0 Å². The van der Waals surface area contributed by atoms with Crippen molar-refractivity contribution in [3.05, 3.63) is 0 Å². The summed E-state index contributed by atoms with van der Waals surface area (Å²) in [6.45, 7) is 13.0. The second-order valence-electron chi connectivity index (χ2n) is 6.65. The monoisotopic (exact) mass is 268 g/mol. The maximum absolute atomic E-state index is 3.79. The highest BCUT2D eigenvalue weighted by molar-refractivity contribution is 4.75. The molecule has 1 fully saturated rings. The van der Waals surface area contributed by atoms with E-state index in [4.69, 9.17) is 0 Å². The van der Waals surface area contributed by atoms with Crippen molar-refractivity contribution >= 4 is 0 Å². The summed E-state index contributed by atoms with van der Waals surface area (Å²) < 4.78 is 0. The first-order chi connectivity index (χ1) is 9.17. The highest BCUT2D eigenvalue weighted by Gasteiger charge is 2.17. The molecule has 0 amide bonds. The Morgan fingerprint density at radius 1 is 1.05 bits per heavy atom. The van der Waals surface area contributed by atoms with Gasteiger partial charge in [-0.2, -0.15) is 0 Å². The van der Waals surface area contributed by atoms with Gasteiger partial charge in [0.2, 0.25) is 0 Å². The zero-order valence-corrected chi connectivity index (χ0v) is 13.8. The fourth-order valence-corrected chi connectivity index (χ4v) is 3.42. The van der Waals surface area contributed by atoms with Gasteiger partial charge in [-0.3, -0.25) is 4.90 Å². The van der Waals surface area contributed by atoms with Crippen molar-refractivity contribution in [1.82, 2.24) is 10.2 Å². The molecule has 0 aliphatic heterocycles. The molecule has 1 N–H and O–H groups in total. The van der Waals surface area contributed by atoms with Crippen LogP contribution in [0.4, 0.5) is 0 Å². The van der Waals surface area contributed by atoms with Gasteiger partial charge in [0.1, 0.15) is 0 Å². The molecule has 0 aromatic rings. The van der Waals surface area contributed by atoms with Crippen molar-refractivity contribution in [3.8, 4) is 0 Å². The van der Waals surface area contributed by atoms with Crippen molar-refractivity contribution < 1.29 is 0 Å². The Morgan fingerprint density at radius 2 is 1.68 bits per heavy atom. The van der Waals surface area contributed by atoms with Gasteiger partial charge in [0.25, 0.3) is 0 Å². The van der Waals surface area contributed by atoms with Crippen LogP contribution in [-0.2, 0) is 0 Å². The SMILES string of the molecule is CCC(CC)N(CCNC1CCCCC1)CC(C)C. The van der Waals surface area contributed by atoms with Gasteiger partial charge in [-0.05, 0) is 31.6 Å². The number of rotatable bonds is 9. The van der Waals surface area contributed by atoms with Gasteiger partial charge in [0, 0.05) is 31.7 Å². The van der Waals surface area contributed by atoms with Crippen LogP contribution < -0.4 is 5.32 Å². The first-order valence-corrected chi connectivity index (χ1v) is 8.64. The summed E-state index contributed by atoms with van der Waals surface area (Å²) in [6, 6.07) is 1.58. The highest BCUT2D eigenvalue weighted by atomic mass is 15.2. The topological polar surface area (TPSA) is 15.3 Å². The number of nitrogens with one attached hydrogen (secondary N) is 1. The van der Waals surface area contributed by atoms with E-state index in [0.29, 0.717) is 0 Å². The van der Waals surface area contributed by atoms with Crippen molar-refractivity contribution in [2.24, 2.45) is 5.92 Å². The Labute approximate surface area is 121 Å². The fraction of sp³-hybridized carbons (Fsp3) is 1.00. The Bertz CT molecular complexity index is 205. The van der Waals surface area contributed by atoms with Crippen molar-refractivity contribution in [1.29, 1.82) is 0 Å². The molecule has 0 spiro atoms. The average Bonchev–Trinajstić information content (AvgIpc) is 2.40. The van der Waals surface area contributed by atoms with Gasteiger partial charge in [0.05, 0.1) is 0 Å². The van der Waals surface area contributed by atoms with Gasteiger partial charge in [0.15, 0.2) is 0 Å². The molecular formula is C17H36N2. The summed E-state index contributed by atoms with van der Waals surface area (Å²) in [6.07, 6.45) is 9.68.